The van der Waals surface area contributed by atoms with Gasteiger partial charge in [-0.2, -0.15) is 0 Å². The third kappa shape index (κ3) is 3.69. The molecule has 1 atom stereocenters. The maximum absolute atomic E-state index is 12.9. The van der Waals surface area contributed by atoms with Crippen LogP contribution >= 0.6 is 0 Å². The normalized spacial score (nSPS) is 19.1. The van der Waals surface area contributed by atoms with E-state index in [0.29, 0.717) is 11.3 Å². The van der Waals surface area contributed by atoms with E-state index in [-0.39, 0.29) is 6.54 Å². The Hall–Kier alpha value is -3.15. The second-order valence-corrected chi connectivity index (χ2v) is 6.91. The number of rotatable bonds is 5. The van der Waals surface area contributed by atoms with E-state index >= 15 is 0 Å². The maximum atomic E-state index is 12.9. The van der Waals surface area contributed by atoms with Crippen molar-refractivity contribution in [1.29, 1.82) is 0 Å². The molecule has 2 N–H and O–H groups in total. The third-order valence-electron chi connectivity index (χ3n) is 4.82. The van der Waals surface area contributed by atoms with Crippen molar-refractivity contribution >= 4 is 23.5 Å². The van der Waals surface area contributed by atoms with Gasteiger partial charge < -0.3 is 10.6 Å². The molecule has 140 valence electrons. The summed E-state index contributed by atoms with van der Waals surface area (Å²) in [5.41, 5.74) is 2.31. The molecule has 6 nitrogen and oxygen atoms in total. The average Bonchev–Trinajstić information content (AvgIpc) is 2.86. The van der Waals surface area contributed by atoms with Crippen LogP contribution in [0.25, 0.3) is 0 Å². The van der Waals surface area contributed by atoms with E-state index in [1.807, 2.05) is 56.3 Å². The smallest absolute Gasteiger partial charge is 0.325 e. The summed E-state index contributed by atoms with van der Waals surface area (Å²) < 4.78 is 0. The molecule has 1 unspecified atom stereocenters. The van der Waals surface area contributed by atoms with E-state index in [0.717, 1.165) is 22.4 Å². The molecule has 1 aliphatic rings. The summed E-state index contributed by atoms with van der Waals surface area (Å²) in [5, 5.41) is 5.46. The van der Waals surface area contributed by atoms with Crippen LogP contribution in [0.4, 0.5) is 10.5 Å². The first kappa shape index (κ1) is 18.6. The molecule has 0 saturated carbocycles. The number of amides is 4. The molecule has 3 rings (SSSR count). The van der Waals surface area contributed by atoms with Crippen molar-refractivity contribution in [2.24, 2.45) is 0 Å². The molecule has 0 aromatic heterocycles. The molecular weight excluding hydrogens is 342 g/mol. The Balaban J connectivity index is 1.73. The lowest BCUT2D eigenvalue weighted by Crippen LogP contribution is -2.42. The van der Waals surface area contributed by atoms with Gasteiger partial charge in [-0.1, -0.05) is 48.9 Å². The van der Waals surface area contributed by atoms with Gasteiger partial charge in [0.05, 0.1) is 0 Å². The first-order valence-corrected chi connectivity index (χ1v) is 8.93. The van der Waals surface area contributed by atoms with Crippen LogP contribution in [0.15, 0.2) is 48.5 Å². The van der Waals surface area contributed by atoms with Crippen molar-refractivity contribution in [2.45, 2.75) is 32.7 Å². The minimum atomic E-state index is -1.17. The van der Waals surface area contributed by atoms with Gasteiger partial charge in [0.1, 0.15) is 12.1 Å². The summed E-state index contributed by atoms with van der Waals surface area (Å²) in [6, 6.07) is 14.3. The van der Waals surface area contributed by atoms with Gasteiger partial charge in [-0.15, -0.1) is 0 Å². The number of nitrogens with zero attached hydrogens (tertiary/aromatic N) is 1. The van der Waals surface area contributed by atoms with Crippen molar-refractivity contribution in [3.63, 3.8) is 0 Å². The van der Waals surface area contributed by atoms with E-state index in [4.69, 9.17) is 0 Å². The van der Waals surface area contributed by atoms with Crippen LogP contribution in [-0.2, 0) is 21.5 Å². The molecule has 0 aliphatic carbocycles. The molecular formula is C21H23N3O3. The Morgan fingerprint density at radius 2 is 1.85 bits per heavy atom. The molecule has 0 spiro atoms. The SMILES string of the molecule is CCc1cccc(NC(=O)CN2C(=O)NC(C)(c3ccc(C)cc3)C2=O)c1. The lowest BCUT2D eigenvalue weighted by Gasteiger charge is -2.22. The van der Waals surface area contributed by atoms with Crippen molar-refractivity contribution in [3.05, 3.63) is 65.2 Å². The first-order chi connectivity index (χ1) is 12.8. The molecule has 1 fully saturated rings. The Kier molecular flexibility index (Phi) is 4.99. The highest BCUT2D eigenvalue weighted by Crippen LogP contribution is 2.29. The van der Waals surface area contributed by atoms with E-state index in [1.165, 1.54) is 0 Å². The topological polar surface area (TPSA) is 78.5 Å². The summed E-state index contributed by atoms with van der Waals surface area (Å²) >= 11 is 0. The van der Waals surface area contributed by atoms with Crippen molar-refractivity contribution in [3.8, 4) is 0 Å². The summed E-state index contributed by atoms with van der Waals surface area (Å²) in [6.45, 7) is 5.30. The maximum Gasteiger partial charge on any atom is 0.325 e. The zero-order valence-electron chi connectivity index (χ0n) is 15.7. The molecule has 4 amide bonds. The largest absolute Gasteiger partial charge is 0.325 e. The Morgan fingerprint density at radius 1 is 1.15 bits per heavy atom. The lowest BCUT2D eigenvalue weighted by molar-refractivity contribution is -0.133. The highest BCUT2D eigenvalue weighted by molar-refractivity contribution is 6.10. The molecule has 0 radical (unpaired) electrons. The molecule has 6 heteroatoms. The third-order valence-corrected chi connectivity index (χ3v) is 4.82. The van der Waals surface area contributed by atoms with Gasteiger partial charge in [0.25, 0.3) is 5.91 Å². The number of aryl methyl sites for hydroxylation is 2. The Morgan fingerprint density at radius 3 is 2.52 bits per heavy atom. The number of carbonyl (C=O) groups is 3. The summed E-state index contributed by atoms with van der Waals surface area (Å²) in [6.07, 6.45) is 0.853. The zero-order valence-corrected chi connectivity index (χ0v) is 15.7. The van der Waals surface area contributed by atoms with E-state index < -0.39 is 23.4 Å². The first-order valence-electron chi connectivity index (χ1n) is 8.93. The highest BCUT2D eigenvalue weighted by atomic mass is 16.2. The van der Waals surface area contributed by atoms with E-state index in [9.17, 15) is 14.4 Å². The van der Waals surface area contributed by atoms with Crippen molar-refractivity contribution < 1.29 is 14.4 Å². The molecule has 27 heavy (non-hydrogen) atoms. The van der Waals surface area contributed by atoms with Gasteiger partial charge in [0.2, 0.25) is 5.91 Å². The van der Waals surface area contributed by atoms with Crippen LogP contribution in [-0.4, -0.2) is 29.3 Å². The number of anilines is 1. The van der Waals surface area contributed by atoms with Crippen molar-refractivity contribution in [2.75, 3.05) is 11.9 Å². The van der Waals surface area contributed by atoms with Gasteiger partial charge in [-0.25, -0.2) is 4.79 Å². The van der Waals surface area contributed by atoms with Crippen LogP contribution in [0.1, 0.15) is 30.5 Å². The quantitative estimate of drug-likeness (QED) is 0.800. The lowest BCUT2D eigenvalue weighted by atomic mass is 9.91. The molecule has 2 aromatic rings. The Labute approximate surface area is 158 Å². The summed E-state index contributed by atoms with van der Waals surface area (Å²) in [7, 11) is 0. The Bertz CT molecular complexity index is 892. The molecule has 1 aliphatic heterocycles. The molecule has 0 bridgehead atoms. The number of carbonyl (C=O) groups excluding carboxylic acids is 3. The fraction of sp³-hybridized carbons (Fsp3) is 0.286. The van der Waals surface area contributed by atoms with Crippen LogP contribution in [0.2, 0.25) is 0 Å². The average molecular weight is 365 g/mol. The summed E-state index contributed by atoms with van der Waals surface area (Å²) in [5.74, 6) is -0.853. The number of hydrogen-bond acceptors (Lipinski definition) is 3. The fourth-order valence-corrected chi connectivity index (χ4v) is 3.14. The highest BCUT2D eigenvalue weighted by Gasteiger charge is 2.49. The second kappa shape index (κ2) is 7.23. The zero-order chi connectivity index (χ0) is 19.6. The van der Waals surface area contributed by atoms with Gasteiger partial charge in [0.15, 0.2) is 0 Å². The molecule has 1 saturated heterocycles. The monoisotopic (exact) mass is 365 g/mol. The predicted octanol–water partition coefficient (Wildman–Crippen LogP) is 2.96. The minimum absolute atomic E-state index is 0.331. The van der Waals surface area contributed by atoms with Crippen LogP contribution in [0.3, 0.4) is 0 Å². The van der Waals surface area contributed by atoms with Crippen LogP contribution in [0, 0.1) is 6.92 Å². The predicted molar refractivity (Wildman–Crippen MR) is 103 cm³/mol. The number of hydrogen-bond donors (Lipinski definition) is 2. The fourth-order valence-electron chi connectivity index (χ4n) is 3.14. The van der Waals surface area contributed by atoms with E-state index in [1.54, 1.807) is 13.0 Å². The van der Waals surface area contributed by atoms with E-state index in [2.05, 4.69) is 10.6 Å². The number of urea groups is 1. The number of nitrogens with one attached hydrogen (secondary N) is 2. The summed E-state index contributed by atoms with van der Waals surface area (Å²) in [4.78, 5) is 38.5. The van der Waals surface area contributed by atoms with Gasteiger partial charge >= 0.3 is 6.03 Å². The van der Waals surface area contributed by atoms with Crippen LogP contribution in [0.5, 0.6) is 0 Å². The van der Waals surface area contributed by atoms with Gasteiger partial charge in [0, 0.05) is 5.69 Å². The minimum Gasteiger partial charge on any atom is -0.325 e. The molecule has 1 heterocycles. The molecule has 2 aromatic carbocycles. The second-order valence-electron chi connectivity index (χ2n) is 6.91. The van der Waals surface area contributed by atoms with Gasteiger partial charge in [-0.3, -0.25) is 14.5 Å². The van der Waals surface area contributed by atoms with Crippen molar-refractivity contribution in [1.82, 2.24) is 10.2 Å². The van der Waals surface area contributed by atoms with Gasteiger partial charge in [-0.05, 0) is 43.5 Å². The number of imide groups is 1. The van der Waals surface area contributed by atoms with Crippen LogP contribution < -0.4 is 10.6 Å². The standard InChI is InChI=1S/C21H23N3O3/c1-4-15-6-5-7-17(12-15)22-18(25)13-24-19(26)21(3,23-20(24)27)16-10-8-14(2)9-11-16/h5-12H,4,13H2,1-3H3,(H,22,25)(H,23,27). The number of benzene rings is 2.